The largest absolute Gasteiger partial charge is 0.218 e. The van der Waals surface area contributed by atoms with E-state index in [1.165, 1.54) is 35.6 Å². The fraction of sp³-hybridized carbons (Fsp3) is 0. The number of hydrogen-bond acceptors (Lipinski definition) is 3. The SMILES string of the molecule is Fc1ccc(-c2cc(-c3ccc(F)cc3)n(-c3nc(-c4ccc(Cl)cc4)cs3)n2)cc1. The Morgan fingerprint density at radius 1 is 0.710 bits per heavy atom. The predicted octanol–water partition coefficient (Wildman–Crippen LogP) is 7.26. The number of benzene rings is 3. The summed E-state index contributed by atoms with van der Waals surface area (Å²) in [6, 6.07) is 21.7. The molecule has 2 aromatic heterocycles. The summed E-state index contributed by atoms with van der Waals surface area (Å²) in [5, 5.41) is 8.00. The highest BCUT2D eigenvalue weighted by molar-refractivity contribution is 7.12. The summed E-state index contributed by atoms with van der Waals surface area (Å²) in [6.45, 7) is 0. The number of nitrogens with zero attached hydrogens (tertiary/aromatic N) is 3. The van der Waals surface area contributed by atoms with E-state index in [2.05, 4.69) is 0 Å². The molecule has 31 heavy (non-hydrogen) atoms. The van der Waals surface area contributed by atoms with Crippen LogP contribution in [0.25, 0.3) is 38.9 Å². The van der Waals surface area contributed by atoms with Crippen LogP contribution in [0.3, 0.4) is 0 Å². The second kappa shape index (κ2) is 8.06. The van der Waals surface area contributed by atoms with Crippen LogP contribution >= 0.6 is 22.9 Å². The highest BCUT2D eigenvalue weighted by Crippen LogP contribution is 2.32. The summed E-state index contributed by atoms with van der Waals surface area (Å²) in [7, 11) is 0. The van der Waals surface area contributed by atoms with Crippen molar-refractivity contribution < 1.29 is 8.78 Å². The van der Waals surface area contributed by atoms with Crippen molar-refractivity contribution in [1.82, 2.24) is 14.8 Å². The first-order valence-corrected chi connectivity index (χ1v) is 10.7. The van der Waals surface area contributed by atoms with Gasteiger partial charge in [-0.1, -0.05) is 23.7 Å². The van der Waals surface area contributed by atoms with Gasteiger partial charge in [0.15, 0.2) is 0 Å². The third-order valence-electron chi connectivity index (χ3n) is 4.80. The summed E-state index contributed by atoms with van der Waals surface area (Å²) in [6.07, 6.45) is 0. The minimum Gasteiger partial charge on any atom is -0.218 e. The van der Waals surface area contributed by atoms with Crippen molar-refractivity contribution in [1.29, 1.82) is 0 Å². The number of halogens is 3. The summed E-state index contributed by atoms with van der Waals surface area (Å²) < 4.78 is 28.6. The molecule has 0 saturated carbocycles. The number of hydrogen-bond donors (Lipinski definition) is 0. The van der Waals surface area contributed by atoms with Crippen LogP contribution in [0.15, 0.2) is 84.2 Å². The van der Waals surface area contributed by atoms with Crippen LogP contribution in [0.5, 0.6) is 0 Å². The number of rotatable bonds is 4. The fourth-order valence-electron chi connectivity index (χ4n) is 3.23. The lowest BCUT2D eigenvalue weighted by molar-refractivity contribution is 0.627. The van der Waals surface area contributed by atoms with E-state index in [0.29, 0.717) is 15.8 Å². The molecule has 0 unspecified atom stereocenters. The molecule has 152 valence electrons. The highest BCUT2D eigenvalue weighted by Gasteiger charge is 2.16. The quantitative estimate of drug-likeness (QED) is 0.289. The monoisotopic (exact) mass is 449 g/mol. The molecule has 3 nitrogen and oxygen atoms in total. The molecule has 5 aromatic rings. The molecule has 0 saturated heterocycles. The van der Waals surface area contributed by atoms with Gasteiger partial charge < -0.3 is 0 Å². The zero-order valence-corrected chi connectivity index (χ0v) is 17.5. The Kier molecular flexibility index (Phi) is 5.10. The second-order valence-corrected chi connectivity index (χ2v) is 8.14. The lowest BCUT2D eigenvalue weighted by atomic mass is 10.1. The third kappa shape index (κ3) is 4.00. The third-order valence-corrected chi connectivity index (χ3v) is 5.87. The molecule has 5 rings (SSSR count). The molecule has 0 aliphatic carbocycles. The molecule has 0 atom stereocenters. The Labute approximate surface area is 186 Å². The van der Waals surface area contributed by atoms with Gasteiger partial charge in [-0.25, -0.2) is 18.4 Å². The lowest BCUT2D eigenvalue weighted by Gasteiger charge is -2.04. The van der Waals surface area contributed by atoms with Crippen LogP contribution in [-0.2, 0) is 0 Å². The lowest BCUT2D eigenvalue weighted by Crippen LogP contribution is -1.99. The van der Waals surface area contributed by atoms with Gasteiger partial charge in [0.1, 0.15) is 11.6 Å². The Bertz CT molecular complexity index is 1340. The Hall–Kier alpha value is -3.35. The van der Waals surface area contributed by atoms with Gasteiger partial charge in [-0.15, -0.1) is 11.3 Å². The molecule has 7 heteroatoms. The van der Waals surface area contributed by atoms with Crippen LogP contribution in [0, 0.1) is 11.6 Å². The van der Waals surface area contributed by atoms with Gasteiger partial charge in [-0.2, -0.15) is 5.10 Å². The van der Waals surface area contributed by atoms with Crippen molar-refractivity contribution in [3.8, 4) is 38.9 Å². The smallest absolute Gasteiger partial charge is 0.211 e. The Morgan fingerprint density at radius 3 is 1.90 bits per heavy atom. The molecule has 3 aromatic carbocycles. The van der Waals surface area contributed by atoms with Gasteiger partial charge in [0.2, 0.25) is 5.13 Å². The number of thiazole rings is 1. The second-order valence-electron chi connectivity index (χ2n) is 6.86. The summed E-state index contributed by atoms with van der Waals surface area (Å²) in [5.74, 6) is -0.623. The molecule has 2 heterocycles. The van der Waals surface area contributed by atoms with Crippen molar-refractivity contribution in [3.63, 3.8) is 0 Å². The summed E-state index contributed by atoms with van der Waals surface area (Å²) in [5.41, 5.74) is 4.75. The van der Waals surface area contributed by atoms with Gasteiger partial charge >= 0.3 is 0 Å². The zero-order chi connectivity index (χ0) is 21.4. The topological polar surface area (TPSA) is 30.7 Å². The van der Waals surface area contributed by atoms with Crippen LogP contribution in [0.1, 0.15) is 0 Å². The van der Waals surface area contributed by atoms with Gasteiger partial charge in [-0.05, 0) is 66.7 Å². The van der Waals surface area contributed by atoms with E-state index in [4.69, 9.17) is 21.7 Å². The molecule has 0 N–H and O–H groups in total. The normalized spacial score (nSPS) is 11.1. The van der Waals surface area contributed by atoms with E-state index in [-0.39, 0.29) is 11.6 Å². The molecule has 0 spiro atoms. The van der Waals surface area contributed by atoms with E-state index in [1.807, 2.05) is 35.7 Å². The molecule has 0 fully saturated rings. The van der Waals surface area contributed by atoms with Crippen LogP contribution < -0.4 is 0 Å². The standard InChI is InChI=1S/C24H14ClF2N3S/c25-18-7-1-16(2-8-18)22-14-31-24(28-22)30-23(17-5-11-20(27)12-6-17)13-21(29-30)15-3-9-19(26)10-4-15/h1-14H. The average molecular weight is 450 g/mol. The molecule has 0 radical (unpaired) electrons. The van der Waals surface area contributed by atoms with E-state index in [1.54, 1.807) is 28.9 Å². The van der Waals surface area contributed by atoms with Gasteiger partial charge in [0, 0.05) is 27.1 Å². The van der Waals surface area contributed by atoms with Gasteiger partial charge in [0.25, 0.3) is 0 Å². The van der Waals surface area contributed by atoms with Gasteiger partial charge in [-0.3, -0.25) is 0 Å². The zero-order valence-electron chi connectivity index (χ0n) is 16.0. The van der Waals surface area contributed by atoms with Crippen molar-refractivity contribution in [2.75, 3.05) is 0 Å². The maximum Gasteiger partial charge on any atom is 0.211 e. The van der Waals surface area contributed by atoms with Crippen molar-refractivity contribution in [2.24, 2.45) is 0 Å². The van der Waals surface area contributed by atoms with Crippen LogP contribution in [0.2, 0.25) is 5.02 Å². The van der Waals surface area contributed by atoms with Crippen LogP contribution in [0.4, 0.5) is 8.78 Å². The van der Waals surface area contributed by atoms with Crippen molar-refractivity contribution in [2.45, 2.75) is 0 Å². The Morgan fingerprint density at radius 2 is 1.26 bits per heavy atom. The predicted molar refractivity (Wildman–Crippen MR) is 120 cm³/mol. The fourth-order valence-corrected chi connectivity index (χ4v) is 4.15. The molecular formula is C24H14ClF2N3S. The summed E-state index contributed by atoms with van der Waals surface area (Å²) >= 11 is 7.44. The van der Waals surface area contributed by atoms with E-state index in [9.17, 15) is 8.78 Å². The summed E-state index contributed by atoms with van der Waals surface area (Å²) in [4.78, 5) is 4.75. The molecule has 0 amide bonds. The number of aromatic nitrogens is 3. The van der Waals surface area contributed by atoms with Gasteiger partial charge in [0.05, 0.1) is 17.1 Å². The molecule has 0 aliphatic heterocycles. The van der Waals surface area contributed by atoms with Crippen molar-refractivity contribution >= 4 is 22.9 Å². The molecule has 0 bridgehead atoms. The Balaban J connectivity index is 1.62. The molecule has 0 aliphatic rings. The van der Waals surface area contributed by atoms with E-state index < -0.39 is 0 Å². The first kappa shape index (κ1) is 19.6. The van der Waals surface area contributed by atoms with E-state index >= 15 is 0 Å². The highest BCUT2D eigenvalue weighted by atomic mass is 35.5. The van der Waals surface area contributed by atoms with Crippen molar-refractivity contribution in [3.05, 3.63) is 101 Å². The first-order chi connectivity index (χ1) is 15.1. The minimum absolute atomic E-state index is 0.311. The minimum atomic E-state index is -0.312. The maximum atomic E-state index is 13.5. The first-order valence-electron chi connectivity index (χ1n) is 9.40. The van der Waals surface area contributed by atoms with E-state index in [0.717, 1.165) is 28.1 Å². The molecular weight excluding hydrogens is 436 g/mol. The van der Waals surface area contributed by atoms with Crippen LogP contribution in [-0.4, -0.2) is 14.8 Å². The maximum absolute atomic E-state index is 13.5. The average Bonchev–Trinajstić information content (AvgIpc) is 3.43.